The van der Waals surface area contributed by atoms with Gasteiger partial charge >= 0.3 is 0 Å². The Balaban J connectivity index is 1.55. The fourth-order valence-corrected chi connectivity index (χ4v) is 2.92. The van der Waals surface area contributed by atoms with E-state index in [1.807, 2.05) is 0 Å². The van der Waals surface area contributed by atoms with Gasteiger partial charge in [-0.25, -0.2) is 0 Å². The van der Waals surface area contributed by atoms with Gasteiger partial charge in [-0.3, -0.25) is 0 Å². The van der Waals surface area contributed by atoms with E-state index < -0.39 is 0 Å². The second-order valence-electron chi connectivity index (χ2n) is 5.44. The maximum absolute atomic E-state index is 8.83. The van der Waals surface area contributed by atoms with E-state index in [4.69, 9.17) is 9.78 Å². The van der Waals surface area contributed by atoms with Crippen LogP contribution in [0.15, 0.2) is 28.8 Å². The molecule has 19 heavy (non-hydrogen) atoms. The van der Waals surface area contributed by atoms with Gasteiger partial charge in [-0.2, -0.15) is 10.2 Å². The normalized spacial score (nSPS) is 25.0. The second-order valence-corrected chi connectivity index (χ2v) is 5.44. The van der Waals surface area contributed by atoms with Crippen molar-refractivity contribution >= 4 is 0 Å². The lowest BCUT2D eigenvalue weighted by atomic mass is 10.1. The van der Waals surface area contributed by atoms with Crippen molar-refractivity contribution in [3.63, 3.8) is 0 Å². The molecule has 0 amide bonds. The minimum absolute atomic E-state index is 0.0778. The van der Waals surface area contributed by atoms with Crippen molar-refractivity contribution in [2.45, 2.75) is 31.1 Å². The number of hydrogen-bond donors (Lipinski definition) is 0. The molecule has 2 atom stereocenters. The third-order valence-electron chi connectivity index (χ3n) is 4.15. The van der Waals surface area contributed by atoms with Gasteiger partial charge in [0.1, 0.15) is 0 Å². The largest absolute Gasteiger partial charge is 0.339 e. The SMILES string of the molecule is N#CC1CC1c1nc(C2Cc3ccccc3C2)no1. The van der Waals surface area contributed by atoms with Crippen molar-refractivity contribution in [3.05, 3.63) is 47.1 Å². The van der Waals surface area contributed by atoms with Crippen LogP contribution in [0.2, 0.25) is 0 Å². The van der Waals surface area contributed by atoms with Gasteiger partial charge < -0.3 is 4.52 Å². The monoisotopic (exact) mass is 251 g/mol. The van der Waals surface area contributed by atoms with Gasteiger partial charge in [0.2, 0.25) is 5.89 Å². The molecule has 2 unspecified atom stereocenters. The molecule has 0 radical (unpaired) electrons. The quantitative estimate of drug-likeness (QED) is 0.823. The van der Waals surface area contributed by atoms with Crippen molar-refractivity contribution in [3.8, 4) is 6.07 Å². The van der Waals surface area contributed by atoms with Gasteiger partial charge in [0, 0.05) is 5.92 Å². The highest BCUT2D eigenvalue weighted by atomic mass is 16.5. The summed E-state index contributed by atoms with van der Waals surface area (Å²) in [7, 11) is 0. The van der Waals surface area contributed by atoms with Crippen LogP contribution < -0.4 is 0 Å². The van der Waals surface area contributed by atoms with E-state index in [0.717, 1.165) is 25.1 Å². The van der Waals surface area contributed by atoms with E-state index in [0.29, 0.717) is 11.8 Å². The molecule has 1 aromatic heterocycles. The van der Waals surface area contributed by atoms with Crippen molar-refractivity contribution in [1.29, 1.82) is 5.26 Å². The number of rotatable bonds is 2. The molecule has 2 aliphatic rings. The summed E-state index contributed by atoms with van der Waals surface area (Å²) in [4.78, 5) is 4.51. The van der Waals surface area contributed by atoms with Crippen molar-refractivity contribution in [2.75, 3.05) is 0 Å². The zero-order valence-electron chi connectivity index (χ0n) is 10.4. The molecule has 94 valence electrons. The molecule has 1 saturated carbocycles. The van der Waals surface area contributed by atoms with Crippen LogP contribution in [0.4, 0.5) is 0 Å². The molecule has 4 nitrogen and oxygen atoms in total. The van der Waals surface area contributed by atoms with Crippen LogP contribution in [0, 0.1) is 17.2 Å². The molecule has 0 spiro atoms. The summed E-state index contributed by atoms with van der Waals surface area (Å²) in [5.74, 6) is 2.03. The van der Waals surface area contributed by atoms with E-state index >= 15 is 0 Å². The minimum atomic E-state index is 0.0778. The first kappa shape index (κ1) is 10.7. The number of hydrogen-bond acceptors (Lipinski definition) is 4. The lowest BCUT2D eigenvalue weighted by Gasteiger charge is -2.00. The van der Waals surface area contributed by atoms with Gasteiger partial charge in [-0.15, -0.1) is 0 Å². The Kier molecular flexibility index (Phi) is 2.22. The molecule has 0 N–H and O–H groups in total. The number of nitrogens with zero attached hydrogens (tertiary/aromatic N) is 3. The number of fused-ring (bicyclic) bond motifs is 1. The fraction of sp³-hybridized carbons (Fsp3) is 0.400. The molecular weight excluding hydrogens is 238 g/mol. The van der Waals surface area contributed by atoms with Crippen LogP contribution in [-0.4, -0.2) is 10.1 Å². The molecule has 2 aliphatic carbocycles. The zero-order chi connectivity index (χ0) is 12.8. The third-order valence-corrected chi connectivity index (χ3v) is 4.15. The molecule has 2 aromatic rings. The summed E-state index contributed by atoms with van der Waals surface area (Å²) >= 11 is 0. The number of aromatic nitrogens is 2. The summed E-state index contributed by atoms with van der Waals surface area (Å²) in [6.07, 6.45) is 2.84. The van der Waals surface area contributed by atoms with Crippen LogP contribution in [0.3, 0.4) is 0 Å². The molecule has 4 heteroatoms. The number of benzene rings is 1. The van der Waals surface area contributed by atoms with Crippen LogP contribution >= 0.6 is 0 Å². The Bertz CT molecular complexity index is 645. The van der Waals surface area contributed by atoms with E-state index in [1.165, 1.54) is 11.1 Å². The Hall–Kier alpha value is -2.15. The van der Waals surface area contributed by atoms with Crippen LogP contribution in [0.5, 0.6) is 0 Å². The van der Waals surface area contributed by atoms with Crippen molar-refractivity contribution in [1.82, 2.24) is 10.1 Å². The van der Waals surface area contributed by atoms with Gasteiger partial charge in [0.15, 0.2) is 5.82 Å². The Morgan fingerprint density at radius 1 is 1.21 bits per heavy atom. The Labute approximate surface area is 111 Å². The summed E-state index contributed by atoms with van der Waals surface area (Å²) in [6.45, 7) is 0. The minimum Gasteiger partial charge on any atom is -0.339 e. The maximum Gasteiger partial charge on any atom is 0.231 e. The summed E-state index contributed by atoms with van der Waals surface area (Å²) in [5, 5.41) is 13.0. The van der Waals surface area contributed by atoms with Gasteiger partial charge in [0.05, 0.1) is 17.9 Å². The maximum atomic E-state index is 8.83. The average molecular weight is 251 g/mol. The van der Waals surface area contributed by atoms with E-state index in [-0.39, 0.29) is 11.8 Å². The molecular formula is C15H13N3O. The third kappa shape index (κ3) is 1.74. The van der Waals surface area contributed by atoms with Crippen molar-refractivity contribution < 1.29 is 4.52 Å². The predicted molar refractivity (Wildman–Crippen MR) is 67.4 cm³/mol. The zero-order valence-corrected chi connectivity index (χ0v) is 10.4. The lowest BCUT2D eigenvalue weighted by molar-refractivity contribution is 0.369. The molecule has 4 rings (SSSR count). The van der Waals surface area contributed by atoms with Gasteiger partial charge in [-0.05, 0) is 30.4 Å². The lowest BCUT2D eigenvalue weighted by Crippen LogP contribution is -2.00. The molecule has 0 saturated heterocycles. The summed E-state index contributed by atoms with van der Waals surface area (Å²) in [5.41, 5.74) is 2.78. The van der Waals surface area contributed by atoms with Crippen LogP contribution in [0.25, 0.3) is 0 Å². The standard InChI is InChI=1S/C15H13N3O/c16-8-12-7-13(12)15-17-14(18-19-15)11-5-9-3-1-2-4-10(9)6-11/h1-4,11-13H,5-7H2. The molecule has 1 fully saturated rings. The second kappa shape index (κ2) is 3.92. The number of nitriles is 1. The van der Waals surface area contributed by atoms with E-state index in [1.54, 1.807) is 0 Å². The predicted octanol–water partition coefficient (Wildman–Crippen LogP) is 2.58. The summed E-state index contributed by atoms with van der Waals surface area (Å²) in [6, 6.07) is 10.7. The van der Waals surface area contributed by atoms with Crippen LogP contribution in [0.1, 0.15) is 41.1 Å². The molecule has 0 aliphatic heterocycles. The van der Waals surface area contributed by atoms with Gasteiger partial charge in [-0.1, -0.05) is 29.4 Å². The van der Waals surface area contributed by atoms with Crippen LogP contribution in [-0.2, 0) is 12.8 Å². The smallest absolute Gasteiger partial charge is 0.231 e. The summed E-state index contributed by atoms with van der Waals surface area (Å²) < 4.78 is 5.32. The highest BCUT2D eigenvalue weighted by Gasteiger charge is 2.43. The fourth-order valence-electron chi connectivity index (χ4n) is 2.92. The first-order valence-electron chi connectivity index (χ1n) is 6.65. The first-order valence-corrected chi connectivity index (χ1v) is 6.65. The molecule has 0 bridgehead atoms. The average Bonchev–Trinajstić information content (AvgIpc) is 2.89. The molecule has 1 heterocycles. The van der Waals surface area contributed by atoms with Crippen molar-refractivity contribution in [2.24, 2.45) is 5.92 Å². The van der Waals surface area contributed by atoms with Gasteiger partial charge in [0.25, 0.3) is 0 Å². The Morgan fingerprint density at radius 2 is 1.95 bits per heavy atom. The highest BCUT2D eigenvalue weighted by Crippen LogP contribution is 2.46. The van der Waals surface area contributed by atoms with E-state index in [9.17, 15) is 0 Å². The van der Waals surface area contributed by atoms with E-state index in [2.05, 4.69) is 40.5 Å². The topological polar surface area (TPSA) is 62.7 Å². The Morgan fingerprint density at radius 3 is 2.58 bits per heavy atom. The molecule has 1 aromatic carbocycles. The first-order chi connectivity index (χ1) is 9.35. The highest BCUT2D eigenvalue weighted by molar-refractivity contribution is 5.35.